The lowest BCUT2D eigenvalue weighted by Crippen LogP contribution is -2.31. The number of rotatable bonds is 5. The van der Waals surface area contributed by atoms with Crippen LogP contribution in [0.2, 0.25) is 0 Å². The van der Waals surface area contributed by atoms with Crippen LogP contribution in [-0.4, -0.2) is 24.0 Å². The highest BCUT2D eigenvalue weighted by Crippen LogP contribution is 2.28. The number of nitrogens with two attached hydrogens (primary N) is 1. The monoisotopic (exact) mass is 226 g/mol. The normalized spacial score (nSPS) is 15.8. The van der Waals surface area contributed by atoms with Gasteiger partial charge in [-0.1, -0.05) is 0 Å². The molecule has 0 radical (unpaired) electrons. The molecular weight excluding hydrogens is 210 g/mol. The van der Waals surface area contributed by atoms with Gasteiger partial charge in [-0.25, -0.2) is 8.78 Å². The van der Waals surface area contributed by atoms with Crippen LogP contribution in [0.1, 0.15) is 18.4 Å². The van der Waals surface area contributed by atoms with Crippen LogP contribution < -0.4 is 5.73 Å². The summed E-state index contributed by atoms with van der Waals surface area (Å²) < 4.78 is 26.4. The maximum Gasteiger partial charge on any atom is 0.127 e. The van der Waals surface area contributed by atoms with E-state index in [1.807, 2.05) is 0 Å². The Kier molecular flexibility index (Phi) is 3.51. The molecule has 0 unspecified atom stereocenters. The second kappa shape index (κ2) is 4.89. The zero-order valence-corrected chi connectivity index (χ0v) is 9.13. The second-order valence-electron chi connectivity index (χ2n) is 4.23. The number of hydrogen-bond acceptors (Lipinski definition) is 2. The minimum atomic E-state index is -0.389. The summed E-state index contributed by atoms with van der Waals surface area (Å²) in [4.78, 5) is 2.12. The van der Waals surface area contributed by atoms with Crippen molar-refractivity contribution in [2.75, 3.05) is 13.1 Å². The van der Waals surface area contributed by atoms with Gasteiger partial charge in [-0.15, -0.1) is 0 Å². The fourth-order valence-corrected chi connectivity index (χ4v) is 1.88. The molecule has 0 heterocycles. The van der Waals surface area contributed by atoms with E-state index in [1.165, 1.54) is 12.1 Å². The predicted molar refractivity (Wildman–Crippen MR) is 58.8 cm³/mol. The summed E-state index contributed by atoms with van der Waals surface area (Å²) >= 11 is 0. The number of hydrogen-bond donors (Lipinski definition) is 1. The van der Waals surface area contributed by atoms with E-state index < -0.39 is 0 Å². The van der Waals surface area contributed by atoms with Crippen LogP contribution in [0, 0.1) is 11.6 Å². The highest BCUT2D eigenvalue weighted by molar-refractivity contribution is 5.19. The molecule has 16 heavy (non-hydrogen) atoms. The maximum atomic E-state index is 13.4. The van der Waals surface area contributed by atoms with E-state index >= 15 is 0 Å². The van der Waals surface area contributed by atoms with E-state index in [9.17, 15) is 8.78 Å². The Hall–Kier alpha value is -1.00. The van der Waals surface area contributed by atoms with E-state index in [0.717, 1.165) is 25.5 Å². The van der Waals surface area contributed by atoms with E-state index in [0.29, 0.717) is 24.7 Å². The standard InChI is InChI=1S/C12H16F2N2/c13-10-1-4-12(14)9(7-10)8-16(6-5-15)11-2-3-11/h1,4,7,11H,2-3,5-6,8,15H2. The molecule has 0 amide bonds. The molecule has 1 aliphatic rings. The average Bonchev–Trinajstić information content (AvgIpc) is 3.06. The molecule has 2 rings (SSSR count). The fraction of sp³-hybridized carbons (Fsp3) is 0.500. The number of halogens is 2. The summed E-state index contributed by atoms with van der Waals surface area (Å²) in [6.07, 6.45) is 2.27. The van der Waals surface area contributed by atoms with Crippen LogP contribution in [-0.2, 0) is 6.54 Å². The summed E-state index contributed by atoms with van der Waals surface area (Å²) in [7, 11) is 0. The lowest BCUT2D eigenvalue weighted by Gasteiger charge is -2.21. The fourth-order valence-electron chi connectivity index (χ4n) is 1.88. The van der Waals surface area contributed by atoms with Crippen LogP contribution >= 0.6 is 0 Å². The average molecular weight is 226 g/mol. The van der Waals surface area contributed by atoms with E-state index in [2.05, 4.69) is 4.90 Å². The summed E-state index contributed by atoms with van der Waals surface area (Å²) in [5.41, 5.74) is 5.92. The third-order valence-electron chi connectivity index (χ3n) is 2.86. The topological polar surface area (TPSA) is 29.3 Å². The highest BCUT2D eigenvalue weighted by Gasteiger charge is 2.28. The molecule has 0 atom stereocenters. The Bertz CT molecular complexity index is 364. The number of nitrogens with zero attached hydrogens (tertiary/aromatic N) is 1. The van der Waals surface area contributed by atoms with Gasteiger partial charge in [-0.2, -0.15) is 0 Å². The Morgan fingerprint density at radius 1 is 1.31 bits per heavy atom. The van der Waals surface area contributed by atoms with Crippen molar-refractivity contribution in [2.45, 2.75) is 25.4 Å². The summed E-state index contributed by atoms with van der Waals surface area (Å²) in [5.74, 6) is -0.732. The zero-order chi connectivity index (χ0) is 11.5. The van der Waals surface area contributed by atoms with Gasteiger partial charge in [-0.05, 0) is 31.0 Å². The largest absolute Gasteiger partial charge is 0.329 e. The van der Waals surface area contributed by atoms with Gasteiger partial charge in [0.05, 0.1) is 0 Å². The van der Waals surface area contributed by atoms with Crippen LogP contribution in [0.5, 0.6) is 0 Å². The molecule has 1 fully saturated rings. The lowest BCUT2D eigenvalue weighted by atomic mass is 10.2. The third-order valence-corrected chi connectivity index (χ3v) is 2.86. The van der Waals surface area contributed by atoms with Gasteiger partial charge in [0, 0.05) is 31.2 Å². The first kappa shape index (κ1) is 11.5. The van der Waals surface area contributed by atoms with Gasteiger partial charge >= 0.3 is 0 Å². The van der Waals surface area contributed by atoms with Gasteiger partial charge in [0.25, 0.3) is 0 Å². The van der Waals surface area contributed by atoms with Crippen LogP contribution in [0.15, 0.2) is 18.2 Å². The second-order valence-corrected chi connectivity index (χ2v) is 4.23. The first-order valence-electron chi connectivity index (χ1n) is 5.58. The Balaban J connectivity index is 2.08. The van der Waals surface area contributed by atoms with Crippen molar-refractivity contribution in [1.82, 2.24) is 4.90 Å². The molecule has 1 aromatic carbocycles. The van der Waals surface area contributed by atoms with Gasteiger partial charge in [-0.3, -0.25) is 4.90 Å². The smallest absolute Gasteiger partial charge is 0.127 e. The molecule has 2 N–H and O–H groups in total. The highest BCUT2D eigenvalue weighted by atomic mass is 19.1. The summed E-state index contributed by atoms with van der Waals surface area (Å²) in [6.45, 7) is 1.74. The van der Waals surface area contributed by atoms with Crippen LogP contribution in [0.25, 0.3) is 0 Å². The lowest BCUT2D eigenvalue weighted by molar-refractivity contribution is 0.258. The minimum Gasteiger partial charge on any atom is -0.329 e. The maximum absolute atomic E-state index is 13.4. The van der Waals surface area contributed by atoms with Gasteiger partial charge < -0.3 is 5.73 Å². The SMILES string of the molecule is NCCN(Cc1cc(F)ccc1F)C1CC1. The molecule has 0 aromatic heterocycles. The quantitative estimate of drug-likeness (QED) is 0.830. The van der Waals surface area contributed by atoms with Crippen molar-refractivity contribution >= 4 is 0 Å². The van der Waals surface area contributed by atoms with Gasteiger partial charge in [0.1, 0.15) is 11.6 Å². The minimum absolute atomic E-state index is 0.343. The molecule has 0 saturated heterocycles. The summed E-state index contributed by atoms with van der Waals surface area (Å²) in [6, 6.07) is 4.09. The van der Waals surface area contributed by atoms with Crippen LogP contribution in [0.3, 0.4) is 0 Å². The molecule has 1 saturated carbocycles. The predicted octanol–water partition coefficient (Wildman–Crippen LogP) is 1.89. The van der Waals surface area contributed by atoms with Crippen molar-refractivity contribution in [2.24, 2.45) is 5.73 Å². The van der Waals surface area contributed by atoms with E-state index in [-0.39, 0.29) is 11.6 Å². The summed E-state index contributed by atoms with van der Waals surface area (Å²) in [5, 5.41) is 0. The first-order valence-corrected chi connectivity index (χ1v) is 5.58. The third kappa shape index (κ3) is 2.77. The van der Waals surface area contributed by atoms with Crippen molar-refractivity contribution in [3.05, 3.63) is 35.4 Å². The molecule has 0 aliphatic heterocycles. The zero-order valence-electron chi connectivity index (χ0n) is 9.13. The molecule has 2 nitrogen and oxygen atoms in total. The van der Waals surface area contributed by atoms with Gasteiger partial charge in [0.2, 0.25) is 0 Å². The Morgan fingerprint density at radius 3 is 2.69 bits per heavy atom. The molecule has 88 valence electrons. The molecule has 4 heteroatoms. The van der Waals surface area contributed by atoms with Crippen LogP contribution in [0.4, 0.5) is 8.78 Å². The molecule has 1 aromatic rings. The molecule has 1 aliphatic carbocycles. The Labute approximate surface area is 94.0 Å². The van der Waals surface area contributed by atoms with Crippen molar-refractivity contribution < 1.29 is 8.78 Å². The first-order chi connectivity index (χ1) is 7.70. The van der Waals surface area contributed by atoms with E-state index in [1.54, 1.807) is 0 Å². The Morgan fingerprint density at radius 2 is 2.06 bits per heavy atom. The van der Waals surface area contributed by atoms with Crippen molar-refractivity contribution in [3.8, 4) is 0 Å². The molecule has 0 bridgehead atoms. The number of benzene rings is 1. The van der Waals surface area contributed by atoms with E-state index in [4.69, 9.17) is 5.73 Å². The van der Waals surface area contributed by atoms with Gasteiger partial charge in [0.15, 0.2) is 0 Å². The molecular formula is C12H16F2N2. The van der Waals surface area contributed by atoms with Crippen molar-refractivity contribution in [3.63, 3.8) is 0 Å². The molecule has 0 spiro atoms. The van der Waals surface area contributed by atoms with Crippen molar-refractivity contribution in [1.29, 1.82) is 0 Å².